The lowest BCUT2D eigenvalue weighted by Crippen LogP contribution is -2.37. The van der Waals surface area contributed by atoms with Crippen molar-refractivity contribution in [3.8, 4) is 0 Å². The van der Waals surface area contributed by atoms with Gasteiger partial charge in [0.2, 0.25) is 0 Å². The van der Waals surface area contributed by atoms with E-state index in [1.165, 1.54) is 10.4 Å². The average molecular weight is 238 g/mol. The van der Waals surface area contributed by atoms with E-state index < -0.39 is 0 Å². The highest BCUT2D eigenvalue weighted by Crippen LogP contribution is 2.17. The van der Waals surface area contributed by atoms with E-state index in [1.807, 2.05) is 4.90 Å². The van der Waals surface area contributed by atoms with E-state index in [0.717, 1.165) is 32.4 Å². The van der Waals surface area contributed by atoms with Crippen LogP contribution in [0.2, 0.25) is 0 Å². The van der Waals surface area contributed by atoms with Crippen molar-refractivity contribution < 1.29 is 4.79 Å². The monoisotopic (exact) mass is 238 g/mol. The molecule has 0 bridgehead atoms. The fourth-order valence-electron chi connectivity index (χ4n) is 2.03. The average Bonchev–Trinajstić information content (AvgIpc) is 2.96. The molecule has 2 amide bonds. The lowest BCUT2D eigenvalue weighted by molar-refractivity contribution is 0.208. The first kappa shape index (κ1) is 11.5. The van der Waals surface area contributed by atoms with E-state index >= 15 is 0 Å². The van der Waals surface area contributed by atoms with Gasteiger partial charge in [-0.3, -0.25) is 0 Å². The normalized spacial score (nSPS) is 15.4. The highest BCUT2D eigenvalue weighted by molar-refractivity contribution is 7.10. The SMILES string of the molecule is CCc1ccsc1CNC(=O)N1CCCC1. The van der Waals surface area contributed by atoms with Gasteiger partial charge in [-0.2, -0.15) is 0 Å². The Bertz CT molecular complexity index is 356. The summed E-state index contributed by atoms with van der Waals surface area (Å²) in [4.78, 5) is 14.9. The van der Waals surface area contributed by atoms with Crippen LogP contribution in [0.5, 0.6) is 0 Å². The molecule has 88 valence electrons. The van der Waals surface area contributed by atoms with Crippen LogP contribution in [-0.4, -0.2) is 24.0 Å². The molecule has 1 fully saturated rings. The predicted octanol–water partition coefficient (Wildman–Crippen LogP) is 2.62. The van der Waals surface area contributed by atoms with Crippen LogP contribution in [0.3, 0.4) is 0 Å². The molecule has 3 nitrogen and oxygen atoms in total. The van der Waals surface area contributed by atoms with Gasteiger partial charge < -0.3 is 10.2 Å². The van der Waals surface area contributed by atoms with Crippen molar-refractivity contribution in [2.24, 2.45) is 0 Å². The van der Waals surface area contributed by atoms with Crippen LogP contribution in [0.1, 0.15) is 30.2 Å². The molecule has 0 spiro atoms. The molecule has 1 aromatic heterocycles. The highest BCUT2D eigenvalue weighted by atomic mass is 32.1. The number of carbonyl (C=O) groups excluding carboxylic acids is 1. The van der Waals surface area contributed by atoms with Gasteiger partial charge in [-0.25, -0.2) is 4.79 Å². The molecule has 0 atom stereocenters. The number of carbonyl (C=O) groups is 1. The Hall–Kier alpha value is -1.03. The number of hydrogen-bond donors (Lipinski definition) is 1. The van der Waals surface area contributed by atoms with Crippen LogP contribution < -0.4 is 5.32 Å². The molecule has 0 unspecified atom stereocenters. The van der Waals surface area contributed by atoms with Crippen LogP contribution in [0, 0.1) is 0 Å². The van der Waals surface area contributed by atoms with E-state index in [4.69, 9.17) is 0 Å². The van der Waals surface area contributed by atoms with Crippen molar-refractivity contribution >= 4 is 17.4 Å². The molecule has 16 heavy (non-hydrogen) atoms. The second-order valence-electron chi connectivity index (χ2n) is 4.08. The van der Waals surface area contributed by atoms with Crippen LogP contribution >= 0.6 is 11.3 Å². The smallest absolute Gasteiger partial charge is 0.317 e. The molecule has 1 saturated heterocycles. The largest absolute Gasteiger partial charge is 0.333 e. The van der Waals surface area contributed by atoms with Gasteiger partial charge >= 0.3 is 6.03 Å². The van der Waals surface area contributed by atoms with E-state index in [1.54, 1.807) is 11.3 Å². The zero-order valence-corrected chi connectivity index (χ0v) is 10.5. The molecule has 1 aliphatic heterocycles. The minimum absolute atomic E-state index is 0.0907. The summed E-state index contributed by atoms with van der Waals surface area (Å²) in [7, 11) is 0. The molecule has 0 radical (unpaired) electrons. The minimum Gasteiger partial charge on any atom is -0.333 e. The number of amides is 2. The Kier molecular flexibility index (Phi) is 3.83. The predicted molar refractivity (Wildman–Crippen MR) is 66.7 cm³/mol. The van der Waals surface area contributed by atoms with Crippen molar-refractivity contribution in [1.29, 1.82) is 0 Å². The topological polar surface area (TPSA) is 32.3 Å². The molecule has 1 N–H and O–H groups in total. The first-order valence-electron chi connectivity index (χ1n) is 5.89. The van der Waals surface area contributed by atoms with Crippen molar-refractivity contribution in [3.05, 3.63) is 21.9 Å². The number of aryl methyl sites for hydroxylation is 1. The van der Waals surface area contributed by atoms with Crippen molar-refractivity contribution in [1.82, 2.24) is 10.2 Å². The first-order chi connectivity index (χ1) is 7.81. The number of hydrogen-bond acceptors (Lipinski definition) is 2. The van der Waals surface area contributed by atoms with Crippen molar-refractivity contribution in [2.75, 3.05) is 13.1 Å². The number of nitrogens with one attached hydrogen (secondary N) is 1. The van der Waals surface area contributed by atoms with Crippen LogP contribution in [0.4, 0.5) is 4.79 Å². The first-order valence-corrected chi connectivity index (χ1v) is 6.77. The van der Waals surface area contributed by atoms with Crippen LogP contribution in [-0.2, 0) is 13.0 Å². The summed E-state index contributed by atoms with van der Waals surface area (Å²) in [6.07, 6.45) is 3.33. The number of nitrogens with zero attached hydrogens (tertiary/aromatic N) is 1. The zero-order valence-electron chi connectivity index (χ0n) is 9.66. The highest BCUT2D eigenvalue weighted by Gasteiger charge is 2.17. The number of thiophene rings is 1. The fourth-order valence-corrected chi connectivity index (χ4v) is 2.94. The second kappa shape index (κ2) is 5.34. The molecule has 0 aliphatic carbocycles. The number of urea groups is 1. The Labute approximate surface area is 100 Å². The summed E-state index contributed by atoms with van der Waals surface area (Å²) in [5.41, 5.74) is 1.35. The second-order valence-corrected chi connectivity index (χ2v) is 5.08. The molecular weight excluding hydrogens is 220 g/mol. The summed E-state index contributed by atoms with van der Waals surface area (Å²) in [5, 5.41) is 5.09. The van der Waals surface area contributed by atoms with E-state index in [-0.39, 0.29) is 6.03 Å². The maximum absolute atomic E-state index is 11.8. The Morgan fingerprint density at radius 1 is 1.50 bits per heavy atom. The van der Waals surface area contributed by atoms with Gasteiger partial charge in [-0.1, -0.05) is 6.92 Å². The molecule has 0 saturated carbocycles. The minimum atomic E-state index is 0.0907. The molecule has 1 aliphatic rings. The molecule has 1 aromatic rings. The third-order valence-electron chi connectivity index (χ3n) is 3.01. The van der Waals surface area contributed by atoms with Crippen LogP contribution in [0.15, 0.2) is 11.4 Å². The van der Waals surface area contributed by atoms with Crippen molar-refractivity contribution in [2.45, 2.75) is 32.7 Å². The lowest BCUT2D eigenvalue weighted by atomic mass is 10.2. The van der Waals surface area contributed by atoms with Gasteiger partial charge in [0.1, 0.15) is 0 Å². The van der Waals surface area contributed by atoms with Crippen molar-refractivity contribution in [3.63, 3.8) is 0 Å². The van der Waals surface area contributed by atoms with Gasteiger partial charge in [-0.15, -0.1) is 11.3 Å². The summed E-state index contributed by atoms with van der Waals surface area (Å²) in [6, 6.07) is 2.23. The third kappa shape index (κ3) is 2.55. The van der Waals surface area contributed by atoms with Gasteiger partial charge in [-0.05, 0) is 36.3 Å². The molecule has 2 rings (SSSR count). The van der Waals surface area contributed by atoms with E-state index in [9.17, 15) is 4.79 Å². The van der Waals surface area contributed by atoms with Gasteiger partial charge in [0.05, 0.1) is 6.54 Å². The maximum Gasteiger partial charge on any atom is 0.317 e. The van der Waals surface area contributed by atoms with Gasteiger partial charge in [0.25, 0.3) is 0 Å². The summed E-state index contributed by atoms with van der Waals surface area (Å²) in [6.45, 7) is 4.65. The lowest BCUT2D eigenvalue weighted by Gasteiger charge is -2.16. The molecule has 2 heterocycles. The Morgan fingerprint density at radius 2 is 2.25 bits per heavy atom. The van der Waals surface area contributed by atoms with E-state index in [0.29, 0.717) is 6.54 Å². The number of rotatable bonds is 3. The quantitative estimate of drug-likeness (QED) is 0.862. The maximum atomic E-state index is 11.8. The Balaban J connectivity index is 1.84. The van der Waals surface area contributed by atoms with Crippen LogP contribution in [0.25, 0.3) is 0 Å². The third-order valence-corrected chi connectivity index (χ3v) is 3.98. The summed E-state index contributed by atoms with van der Waals surface area (Å²) >= 11 is 1.73. The summed E-state index contributed by atoms with van der Waals surface area (Å²) < 4.78 is 0. The van der Waals surface area contributed by atoms with Gasteiger partial charge in [0, 0.05) is 18.0 Å². The number of likely N-dealkylation sites (tertiary alicyclic amines) is 1. The summed E-state index contributed by atoms with van der Waals surface area (Å²) in [5.74, 6) is 0. The zero-order chi connectivity index (χ0) is 11.4. The fraction of sp³-hybridized carbons (Fsp3) is 0.583. The Morgan fingerprint density at radius 3 is 2.94 bits per heavy atom. The van der Waals surface area contributed by atoms with Gasteiger partial charge in [0.15, 0.2) is 0 Å². The standard InChI is InChI=1S/C12H18N2OS/c1-2-10-5-8-16-11(10)9-13-12(15)14-6-3-4-7-14/h5,8H,2-4,6-7,9H2,1H3,(H,13,15). The van der Waals surface area contributed by atoms with E-state index in [2.05, 4.69) is 23.7 Å². The molecule has 0 aromatic carbocycles. The molecule has 4 heteroatoms. The molecular formula is C12H18N2OS.